The monoisotopic (exact) mass is 366 g/mol. The van der Waals surface area contributed by atoms with E-state index in [0.717, 1.165) is 43.1 Å². The van der Waals surface area contributed by atoms with Crippen LogP contribution in [-0.2, 0) is 5.41 Å². The number of likely N-dealkylation sites (N-methyl/N-ethyl adjacent to an activating group) is 1. The summed E-state index contributed by atoms with van der Waals surface area (Å²) in [6.45, 7) is 10.7. The number of hydrogen-bond acceptors (Lipinski definition) is 3. The molecule has 0 saturated carbocycles. The number of para-hydroxylation sites is 1. The van der Waals surface area contributed by atoms with Gasteiger partial charge in [-0.1, -0.05) is 39.0 Å². The van der Waals surface area contributed by atoms with Crippen LogP contribution in [0, 0.1) is 0 Å². The van der Waals surface area contributed by atoms with Crippen molar-refractivity contribution in [2.24, 2.45) is 0 Å². The Morgan fingerprint density at radius 2 is 1.52 bits per heavy atom. The normalized spacial score (nSPS) is 15.5. The average molecular weight is 367 g/mol. The van der Waals surface area contributed by atoms with Gasteiger partial charge in [0.05, 0.1) is 0 Å². The lowest BCUT2D eigenvalue weighted by Crippen LogP contribution is -2.44. The minimum atomic E-state index is -0.223. The second-order valence-electron chi connectivity index (χ2n) is 8.21. The predicted molar refractivity (Wildman–Crippen MR) is 114 cm³/mol. The summed E-state index contributed by atoms with van der Waals surface area (Å²) < 4.78 is 0. The molecule has 1 fully saturated rings. The van der Waals surface area contributed by atoms with Crippen molar-refractivity contribution in [1.82, 2.24) is 4.90 Å². The van der Waals surface area contributed by atoms with E-state index < -0.39 is 0 Å². The molecule has 0 atom stereocenters. The van der Waals surface area contributed by atoms with E-state index in [4.69, 9.17) is 0 Å². The van der Waals surface area contributed by atoms with Crippen molar-refractivity contribution in [2.45, 2.75) is 26.2 Å². The molecule has 2 N–H and O–H groups in total. The second kappa shape index (κ2) is 8.01. The van der Waals surface area contributed by atoms with E-state index in [1.165, 1.54) is 5.69 Å². The molecule has 144 valence electrons. The van der Waals surface area contributed by atoms with E-state index in [1.54, 1.807) is 0 Å². The Bertz CT molecular complexity index is 772. The molecule has 0 aromatic heterocycles. The van der Waals surface area contributed by atoms with Gasteiger partial charge >= 0.3 is 6.03 Å². The van der Waals surface area contributed by atoms with E-state index >= 15 is 0 Å². The minimum Gasteiger partial charge on any atom is -0.369 e. The number of nitrogens with one attached hydrogen (secondary N) is 2. The molecule has 27 heavy (non-hydrogen) atoms. The summed E-state index contributed by atoms with van der Waals surface area (Å²) >= 11 is 0. The summed E-state index contributed by atoms with van der Waals surface area (Å²) in [6.07, 6.45) is 0. The Labute approximate surface area is 162 Å². The molecule has 2 aromatic carbocycles. The number of urea groups is 1. The quantitative estimate of drug-likeness (QED) is 0.847. The number of hydrogen-bond donors (Lipinski definition) is 2. The highest BCUT2D eigenvalue weighted by Gasteiger charge is 2.18. The molecule has 2 amide bonds. The van der Waals surface area contributed by atoms with E-state index in [9.17, 15) is 4.79 Å². The zero-order chi connectivity index (χ0) is 19.4. The van der Waals surface area contributed by atoms with Crippen molar-refractivity contribution in [2.75, 3.05) is 48.8 Å². The molecule has 5 heteroatoms. The second-order valence-corrected chi connectivity index (χ2v) is 8.21. The van der Waals surface area contributed by atoms with Crippen molar-refractivity contribution in [3.8, 4) is 0 Å². The fraction of sp³-hybridized carbons (Fsp3) is 0.409. The van der Waals surface area contributed by atoms with Gasteiger partial charge in [0.2, 0.25) is 0 Å². The number of piperazine rings is 1. The molecule has 0 bridgehead atoms. The van der Waals surface area contributed by atoms with Gasteiger partial charge in [-0.15, -0.1) is 0 Å². The molecule has 1 heterocycles. The summed E-state index contributed by atoms with van der Waals surface area (Å²) in [5.74, 6) is 0. The van der Waals surface area contributed by atoms with E-state index in [0.29, 0.717) is 0 Å². The first-order valence-corrected chi connectivity index (χ1v) is 9.54. The predicted octanol–water partition coefficient (Wildman–Crippen LogP) is 4.38. The maximum absolute atomic E-state index is 12.4. The van der Waals surface area contributed by atoms with Crippen LogP contribution in [0.1, 0.15) is 26.3 Å². The van der Waals surface area contributed by atoms with Gasteiger partial charge in [-0.2, -0.15) is 0 Å². The van der Waals surface area contributed by atoms with Gasteiger partial charge in [-0.05, 0) is 48.4 Å². The molecular weight excluding hydrogens is 336 g/mol. The molecule has 2 aromatic rings. The SMILES string of the molecule is CN1CCN(c2ccc(NC(=O)Nc3ccccc3C(C)(C)C)cc2)CC1. The number of carbonyl (C=O) groups excluding carboxylic acids is 1. The highest BCUT2D eigenvalue weighted by atomic mass is 16.2. The number of benzene rings is 2. The molecule has 3 rings (SSSR count). The summed E-state index contributed by atoms with van der Waals surface area (Å²) in [7, 11) is 2.15. The van der Waals surface area contributed by atoms with Gasteiger partial charge in [-0.25, -0.2) is 4.79 Å². The molecular formula is C22H30N4O. The largest absolute Gasteiger partial charge is 0.369 e. The third-order valence-electron chi connectivity index (χ3n) is 4.98. The van der Waals surface area contributed by atoms with Crippen molar-refractivity contribution >= 4 is 23.1 Å². The first kappa shape index (κ1) is 19.2. The van der Waals surface area contributed by atoms with Crippen LogP contribution in [0.5, 0.6) is 0 Å². The zero-order valence-electron chi connectivity index (χ0n) is 16.7. The summed E-state index contributed by atoms with van der Waals surface area (Å²) in [5, 5.41) is 5.91. The van der Waals surface area contributed by atoms with Gasteiger partial charge in [0.15, 0.2) is 0 Å². The number of nitrogens with zero attached hydrogens (tertiary/aromatic N) is 2. The molecule has 1 aliphatic heterocycles. The van der Waals surface area contributed by atoms with Gasteiger partial charge in [0.25, 0.3) is 0 Å². The van der Waals surface area contributed by atoms with Crippen molar-refractivity contribution in [3.63, 3.8) is 0 Å². The molecule has 0 unspecified atom stereocenters. The Balaban J connectivity index is 1.62. The molecule has 1 saturated heterocycles. The lowest BCUT2D eigenvalue weighted by molar-refractivity contribution is 0.262. The Kier molecular flexibility index (Phi) is 5.71. The maximum Gasteiger partial charge on any atom is 0.323 e. The highest BCUT2D eigenvalue weighted by Crippen LogP contribution is 2.29. The topological polar surface area (TPSA) is 47.6 Å². The van der Waals surface area contributed by atoms with Gasteiger partial charge < -0.3 is 20.4 Å². The lowest BCUT2D eigenvalue weighted by Gasteiger charge is -2.34. The summed E-state index contributed by atoms with van der Waals surface area (Å²) in [5.41, 5.74) is 3.92. The molecule has 0 spiro atoms. The number of rotatable bonds is 3. The number of amides is 2. The summed E-state index contributed by atoms with van der Waals surface area (Å²) in [6, 6.07) is 15.8. The Morgan fingerprint density at radius 1 is 0.889 bits per heavy atom. The van der Waals surface area contributed by atoms with Gasteiger partial charge in [0.1, 0.15) is 0 Å². The van der Waals surface area contributed by atoms with Crippen LogP contribution in [0.2, 0.25) is 0 Å². The molecule has 0 radical (unpaired) electrons. The Morgan fingerprint density at radius 3 is 2.15 bits per heavy atom. The van der Waals surface area contributed by atoms with Gasteiger partial charge in [-0.3, -0.25) is 0 Å². The average Bonchev–Trinajstić information content (AvgIpc) is 2.62. The molecule has 1 aliphatic rings. The third kappa shape index (κ3) is 5.01. The van der Waals surface area contributed by atoms with Crippen LogP contribution in [0.4, 0.5) is 21.9 Å². The highest BCUT2D eigenvalue weighted by molar-refractivity contribution is 6.00. The van der Waals surface area contributed by atoms with Crippen molar-refractivity contribution in [3.05, 3.63) is 54.1 Å². The van der Waals surface area contributed by atoms with Crippen LogP contribution < -0.4 is 15.5 Å². The Hall–Kier alpha value is -2.53. The van der Waals surface area contributed by atoms with Crippen molar-refractivity contribution < 1.29 is 4.79 Å². The fourth-order valence-electron chi connectivity index (χ4n) is 3.35. The number of carbonyl (C=O) groups is 1. The molecule has 0 aliphatic carbocycles. The van der Waals surface area contributed by atoms with E-state index in [2.05, 4.69) is 66.5 Å². The minimum absolute atomic E-state index is 0.0337. The standard InChI is InChI=1S/C22H30N4O/c1-22(2,3)19-7-5-6-8-20(19)24-21(27)23-17-9-11-18(12-10-17)26-15-13-25(4)14-16-26/h5-12H,13-16H2,1-4H3,(H2,23,24,27). The zero-order valence-corrected chi connectivity index (χ0v) is 16.7. The first-order chi connectivity index (χ1) is 12.8. The fourth-order valence-corrected chi connectivity index (χ4v) is 3.35. The van der Waals surface area contributed by atoms with Crippen LogP contribution >= 0.6 is 0 Å². The first-order valence-electron chi connectivity index (χ1n) is 9.54. The maximum atomic E-state index is 12.4. The molecule has 5 nitrogen and oxygen atoms in total. The lowest BCUT2D eigenvalue weighted by atomic mass is 9.86. The third-order valence-corrected chi connectivity index (χ3v) is 4.98. The number of anilines is 3. The van der Waals surface area contributed by atoms with Gasteiger partial charge in [0, 0.05) is 43.2 Å². The van der Waals surface area contributed by atoms with E-state index in [1.807, 2.05) is 30.3 Å². The van der Waals surface area contributed by atoms with E-state index in [-0.39, 0.29) is 11.4 Å². The summed E-state index contributed by atoms with van der Waals surface area (Å²) in [4.78, 5) is 17.2. The van der Waals surface area contributed by atoms with Crippen LogP contribution in [-0.4, -0.2) is 44.2 Å². The van der Waals surface area contributed by atoms with Crippen LogP contribution in [0.15, 0.2) is 48.5 Å². The van der Waals surface area contributed by atoms with Crippen LogP contribution in [0.3, 0.4) is 0 Å². The van der Waals surface area contributed by atoms with Crippen LogP contribution in [0.25, 0.3) is 0 Å². The van der Waals surface area contributed by atoms with Crippen molar-refractivity contribution in [1.29, 1.82) is 0 Å². The smallest absolute Gasteiger partial charge is 0.323 e.